The van der Waals surface area contributed by atoms with Crippen LogP contribution in [0.5, 0.6) is 0 Å². The maximum atomic E-state index is 5.15. The number of hydrogen-bond acceptors (Lipinski definition) is 3. The van der Waals surface area contributed by atoms with Crippen molar-refractivity contribution in [2.24, 2.45) is 5.92 Å². The van der Waals surface area contributed by atoms with E-state index in [2.05, 4.69) is 194 Å². The van der Waals surface area contributed by atoms with E-state index in [0.29, 0.717) is 23.4 Å². The van der Waals surface area contributed by atoms with Crippen LogP contribution in [0.15, 0.2) is 242 Å². The minimum absolute atomic E-state index is 0.351. The number of benzene rings is 8. The van der Waals surface area contributed by atoms with E-state index in [4.69, 9.17) is 15.0 Å². The number of fused-ring (bicyclic) bond motifs is 5. The molecular weight excluding hydrogens is 763 g/mol. The van der Waals surface area contributed by atoms with Gasteiger partial charge < -0.3 is 0 Å². The average Bonchev–Trinajstić information content (AvgIpc) is 3.68. The highest BCUT2D eigenvalue weighted by Gasteiger charge is 2.49. The molecule has 2 atom stereocenters. The smallest absolute Gasteiger partial charge is 0.164 e. The van der Waals surface area contributed by atoms with Crippen LogP contribution in [0.1, 0.15) is 28.7 Å². The molecule has 3 heteroatoms. The number of hydrogen-bond donors (Lipinski definition) is 0. The van der Waals surface area contributed by atoms with E-state index >= 15 is 0 Å². The molecule has 296 valence electrons. The lowest BCUT2D eigenvalue weighted by Gasteiger charge is -2.36. The molecule has 3 aliphatic carbocycles. The summed E-state index contributed by atoms with van der Waals surface area (Å²) >= 11 is 0. The molecule has 0 radical (unpaired) electrons. The van der Waals surface area contributed by atoms with E-state index in [0.717, 1.165) is 50.6 Å². The largest absolute Gasteiger partial charge is 0.208 e. The van der Waals surface area contributed by atoms with Crippen molar-refractivity contribution >= 4 is 16.3 Å². The Morgan fingerprint density at radius 2 is 0.937 bits per heavy atom. The van der Waals surface area contributed by atoms with Gasteiger partial charge in [-0.15, -0.1) is 0 Å². The topological polar surface area (TPSA) is 38.7 Å². The van der Waals surface area contributed by atoms with Gasteiger partial charge in [-0.1, -0.05) is 218 Å². The Bertz CT molecular complexity index is 3270. The lowest BCUT2D eigenvalue weighted by atomic mass is 9.65. The van der Waals surface area contributed by atoms with Crippen LogP contribution in [0, 0.1) is 5.92 Å². The Morgan fingerprint density at radius 3 is 1.60 bits per heavy atom. The molecule has 0 saturated heterocycles. The molecule has 0 aliphatic heterocycles. The second-order valence-corrected chi connectivity index (χ2v) is 16.6. The van der Waals surface area contributed by atoms with Gasteiger partial charge in [0.2, 0.25) is 0 Å². The summed E-state index contributed by atoms with van der Waals surface area (Å²) in [5, 5.41) is 2.30. The van der Waals surface area contributed by atoms with Gasteiger partial charge in [-0.05, 0) is 90.6 Å². The summed E-state index contributed by atoms with van der Waals surface area (Å²) in [5.41, 5.74) is 16.5. The summed E-state index contributed by atoms with van der Waals surface area (Å²) in [7, 11) is 0. The third kappa shape index (κ3) is 6.15. The monoisotopic (exact) mass is 803 g/mol. The Hall–Kier alpha value is -8.01. The number of allylic oxidation sites excluding steroid dienone is 8. The molecule has 2 unspecified atom stereocenters. The predicted molar refractivity (Wildman–Crippen MR) is 259 cm³/mol. The molecule has 12 rings (SSSR count). The third-order valence-corrected chi connectivity index (χ3v) is 13.2. The molecule has 9 aromatic rings. The minimum atomic E-state index is -0.430. The quantitative estimate of drug-likeness (QED) is 0.161. The molecule has 1 heterocycles. The second kappa shape index (κ2) is 15.2. The van der Waals surface area contributed by atoms with Crippen LogP contribution < -0.4 is 0 Å². The standard InChI is InChI=1S/C60H41N3/c1-4-17-44(18-5-1)57-61-58(45-19-6-2-7-20-45)63-59(62-57)53-39-47-22-11-10-21-46(47)38-52(53)43-30-28-40(29-31-43)41-32-35-49(36-33-41)60(48-23-8-3-9-24-48)54-27-15-14-26-51(54)56-50-25-13-12-16-42(50)34-37-55(56)60/h1-24,26-39,50H,25H2. The molecule has 63 heavy (non-hydrogen) atoms. The highest BCUT2D eigenvalue weighted by Crippen LogP contribution is 2.59. The van der Waals surface area contributed by atoms with Gasteiger partial charge in [-0.3, -0.25) is 0 Å². The summed E-state index contributed by atoms with van der Waals surface area (Å²) in [6.45, 7) is 0. The van der Waals surface area contributed by atoms with Gasteiger partial charge in [-0.2, -0.15) is 0 Å². The van der Waals surface area contributed by atoms with E-state index in [1.807, 2.05) is 36.4 Å². The first kappa shape index (κ1) is 36.8. The second-order valence-electron chi connectivity index (χ2n) is 16.6. The maximum absolute atomic E-state index is 5.15. The Morgan fingerprint density at radius 1 is 0.413 bits per heavy atom. The van der Waals surface area contributed by atoms with E-state index in [1.54, 1.807) is 0 Å². The average molecular weight is 804 g/mol. The molecule has 0 amide bonds. The van der Waals surface area contributed by atoms with Crippen LogP contribution in [0.4, 0.5) is 0 Å². The molecule has 0 bridgehead atoms. The van der Waals surface area contributed by atoms with Crippen LogP contribution in [-0.4, -0.2) is 15.0 Å². The van der Waals surface area contributed by atoms with Crippen LogP contribution in [0.2, 0.25) is 0 Å². The Balaban J connectivity index is 0.955. The fraction of sp³-hybridized carbons (Fsp3) is 0.0500. The van der Waals surface area contributed by atoms with Gasteiger partial charge in [0.15, 0.2) is 17.5 Å². The number of aromatic nitrogens is 3. The van der Waals surface area contributed by atoms with Gasteiger partial charge in [0, 0.05) is 22.6 Å². The molecule has 1 aromatic heterocycles. The molecule has 3 aliphatic rings. The number of rotatable bonds is 7. The lowest BCUT2D eigenvalue weighted by molar-refractivity contribution is 0.743. The highest BCUT2D eigenvalue weighted by molar-refractivity contribution is 5.96. The molecule has 0 N–H and O–H groups in total. The van der Waals surface area contributed by atoms with E-state index in [1.165, 1.54) is 44.5 Å². The van der Waals surface area contributed by atoms with Gasteiger partial charge in [0.05, 0.1) is 5.41 Å². The summed E-state index contributed by atoms with van der Waals surface area (Å²) in [6.07, 6.45) is 12.6. The highest BCUT2D eigenvalue weighted by atomic mass is 15.0. The summed E-state index contributed by atoms with van der Waals surface area (Å²) in [5.74, 6) is 2.28. The van der Waals surface area contributed by atoms with Crippen LogP contribution in [0.25, 0.3) is 72.8 Å². The summed E-state index contributed by atoms with van der Waals surface area (Å²) in [4.78, 5) is 15.3. The molecular formula is C60H41N3. The minimum Gasteiger partial charge on any atom is -0.208 e. The van der Waals surface area contributed by atoms with Crippen molar-refractivity contribution in [2.45, 2.75) is 11.8 Å². The van der Waals surface area contributed by atoms with Crippen molar-refractivity contribution in [3.05, 3.63) is 264 Å². The fourth-order valence-corrected chi connectivity index (χ4v) is 10.2. The zero-order chi connectivity index (χ0) is 41.7. The first-order valence-corrected chi connectivity index (χ1v) is 21.8. The fourth-order valence-electron chi connectivity index (χ4n) is 10.2. The lowest BCUT2D eigenvalue weighted by Crippen LogP contribution is -2.30. The van der Waals surface area contributed by atoms with Gasteiger partial charge in [0.25, 0.3) is 0 Å². The molecule has 3 nitrogen and oxygen atoms in total. The van der Waals surface area contributed by atoms with Crippen molar-refractivity contribution in [1.29, 1.82) is 0 Å². The number of nitrogens with zero attached hydrogens (tertiary/aromatic N) is 3. The van der Waals surface area contributed by atoms with Crippen molar-refractivity contribution in [1.82, 2.24) is 15.0 Å². The molecule has 0 spiro atoms. The Labute approximate surface area is 367 Å². The van der Waals surface area contributed by atoms with Gasteiger partial charge >= 0.3 is 0 Å². The maximum Gasteiger partial charge on any atom is 0.164 e. The van der Waals surface area contributed by atoms with Crippen molar-refractivity contribution in [3.8, 4) is 56.4 Å². The Kier molecular flexibility index (Phi) is 8.86. The molecule has 0 fully saturated rings. The van der Waals surface area contributed by atoms with Crippen molar-refractivity contribution in [2.75, 3.05) is 0 Å². The summed E-state index contributed by atoms with van der Waals surface area (Å²) in [6, 6.07) is 71.8. The van der Waals surface area contributed by atoms with Crippen LogP contribution in [-0.2, 0) is 5.41 Å². The molecule has 8 aromatic carbocycles. The first-order valence-electron chi connectivity index (χ1n) is 21.8. The van der Waals surface area contributed by atoms with E-state index < -0.39 is 5.41 Å². The van der Waals surface area contributed by atoms with Crippen LogP contribution in [0.3, 0.4) is 0 Å². The zero-order valence-electron chi connectivity index (χ0n) is 34.6. The van der Waals surface area contributed by atoms with Gasteiger partial charge in [-0.25, -0.2) is 15.0 Å². The first-order chi connectivity index (χ1) is 31.2. The van der Waals surface area contributed by atoms with Gasteiger partial charge in [0.1, 0.15) is 0 Å². The predicted octanol–water partition coefficient (Wildman–Crippen LogP) is 14.5. The normalized spacial score (nSPS) is 17.3. The van der Waals surface area contributed by atoms with Crippen LogP contribution >= 0.6 is 0 Å². The summed E-state index contributed by atoms with van der Waals surface area (Å²) < 4.78 is 0. The van der Waals surface area contributed by atoms with E-state index in [-0.39, 0.29) is 0 Å². The molecule has 0 saturated carbocycles. The van der Waals surface area contributed by atoms with Crippen molar-refractivity contribution in [3.63, 3.8) is 0 Å². The van der Waals surface area contributed by atoms with Crippen molar-refractivity contribution < 1.29 is 0 Å². The zero-order valence-corrected chi connectivity index (χ0v) is 34.6. The van der Waals surface area contributed by atoms with E-state index in [9.17, 15) is 0 Å². The SMILES string of the molecule is C1=CCC2C(=C1)C=CC1=C2c2ccccc2C1(c1ccccc1)c1ccc(-c2ccc(-c3cc4ccccc4cc3-c3nc(-c4ccccc4)nc(-c4ccccc4)n3)cc2)cc1. The third-order valence-electron chi connectivity index (χ3n) is 13.2.